The van der Waals surface area contributed by atoms with Gasteiger partial charge in [-0.25, -0.2) is 0 Å². The molecule has 0 amide bonds. The summed E-state index contributed by atoms with van der Waals surface area (Å²) in [5.41, 5.74) is 10.9. The number of hydrogen-bond acceptors (Lipinski definition) is 5. The van der Waals surface area contributed by atoms with Gasteiger partial charge in [0.25, 0.3) is 0 Å². The van der Waals surface area contributed by atoms with Crippen molar-refractivity contribution in [3.8, 4) is 5.75 Å². The molecule has 3 rings (SSSR count). The van der Waals surface area contributed by atoms with E-state index >= 15 is 0 Å². The Kier molecular flexibility index (Phi) is 3.58. The van der Waals surface area contributed by atoms with Gasteiger partial charge in [0.1, 0.15) is 11.6 Å². The summed E-state index contributed by atoms with van der Waals surface area (Å²) < 4.78 is 5.69. The average Bonchev–Trinajstić information content (AvgIpc) is 2.91. The van der Waals surface area contributed by atoms with Crippen LogP contribution in [0.3, 0.4) is 0 Å². The van der Waals surface area contributed by atoms with Gasteiger partial charge >= 0.3 is 0 Å². The zero-order valence-corrected chi connectivity index (χ0v) is 11.2. The SMILES string of the molecule is NNC(CC1CCOc2ccccc21)c1cn[nH]c1N. The average molecular weight is 273 g/mol. The number of nitrogens with one attached hydrogen (secondary N) is 2. The maximum absolute atomic E-state index is 5.88. The molecule has 1 aliphatic heterocycles. The number of nitrogens with two attached hydrogens (primary N) is 2. The fraction of sp³-hybridized carbons (Fsp3) is 0.357. The molecule has 6 nitrogen and oxygen atoms in total. The Labute approximate surface area is 117 Å². The van der Waals surface area contributed by atoms with Crippen molar-refractivity contribution in [3.63, 3.8) is 0 Å². The summed E-state index contributed by atoms with van der Waals surface area (Å²) >= 11 is 0. The molecule has 0 bridgehead atoms. The number of ether oxygens (including phenoxy) is 1. The van der Waals surface area contributed by atoms with Gasteiger partial charge in [-0.15, -0.1) is 0 Å². The number of hydrazine groups is 1. The highest BCUT2D eigenvalue weighted by Gasteiger charge is 2.26. The lowest BCUT2D eigenvalue weighted by molar-refractivity contribution is 0.255. The zero-order valence-electron chi connectivity index (χ0n) is 11.2. The summed E-state index contributed by atoms with van der Waals surface area (Å²) in [6, 6.07) is 8.14. The summed E-state index contributed by atoms with van der Waals surface area (Å²) in [6.45, 7) is 0.736. The molecule has 2 atom stereocenters. The van der Waals surface area contributed by atoms with Crippen molar-refractivity contribution >= 4 is 5.82 Å². The molecular formula is C14H19N5O. The fourth-order valence-electron chi connectivity index (χ4n) is 2.81. The van der Waals surface area contributed by atoms with Crippen LogP contribution in [-0.2, 0) is 0 Å². The van der Waals surface area contributed by atoms with E-state index < -0.39 is 0 Å². The third kappa shape index (κ3) is 2.35. The highest BCUT2D eigenvalue weighted by atomic mass is 16.5. The van der Waals surface area contributed by atoms with Crippen molar-refractivity contribution in [2.24, 2.45) is 5.84 Å². The Morgan fingerprint density at radius 1 is 1.45 bits per heavy atom. The molecule has 1 aromatic heterocycles. The van der Waals surface area contributed by atoms with Gasteiger partial charge in [-0.2, -0.15) is 5.10 Å². The number of anilines is 1. The molecule has 2 heterocycles. The first-order valence-corrected chi connectivity index (χ1v) is 6.76. The monoisotopic (exact) mass is 273 g/mol. The quantitative estimate of drug-likeness (QED) is 0.499. The van der Waals surface area contributed by atoms with Crippen LogP contribution in [0.15, 0.2) is 30.5 Å². The van der Waals surface area contributed by atoms with Crippen molar-refractivity contribution in [2.75, 3.05) is 12.3 Å². The number of H-pyrrole nitrogens is 1. The predicted octanol–water partition coefficient (Wildman–Crippen LogP) is 1.45. The van der Waals surface area contributed by atoms with Crippen LogP contribution < -0.4 is 21.7 Å². The van der Waals surface area contributed by atoms with Gasteiger partial charge in [0.15, 0.2) is 0 Å². The van der Waals surface area contributed by atoms with Crippen molar-refractivity contribution in [1.82, 2.24) is 15.6 Å². The zero-order chi connectivity index (χ0) is 13.9. The summed E-state index contributed by atoms with van der Waals surface area (Å²) in [4.78, 5) is 0. The molecule has 2 aromatic rings. The molecule has 20 heavy (non-hydrogen) atoms. The number of fused-ring (bicyclic) bond motifs is 1. The van der Waals surface area contributed by atoms with Gasteiger partial charge in [-0.05, 0) is 30.4 Å². The normalized spacial score (nSPS) is 19.1. The van der Waals surface area contributed by atoms with E-state index in [1.165, 1.54) is 5.56 Å². The van der Waals surface area contributed by atoms with E-state index in [0.717, 1.165) is 30.8 Å². The van der Waals surface area contributed by atoms with Crippen LogP contribution in [0, 0.1) is 0 Å². The first-order valence-electron chi connectivity index (χ1n) is 6.76. The molecule has 0 saturated carbocycles. The van der Waals surface area contributed by atoms with Crippen molar-refractivity contribution in [3.05, 3.63) is 41.6 Å². The summed E-state index contributed by atoms with van der Waals surface area (Å²) in [5.74, 6) is 7.63. The number of para-hydroxylation sites is 1. The smallest absolute Gasteiger partial charge is 0.123 e. The van der Waals surface area contributed by atoms with Crippen LogP contribution in [-0.4, -0.2) is 16.8 Å². The molecule has 0 aliphatic carbocycles. The second-order valence-electron chi connectivity index (χ2n) is 5.07. The predicted molar refractivity (Wildman–Crippen MR) is 77.0 cm³/mol. The summed E-state index contributed by atoms with van der Waals surface area (Å²) in [7, 11) is 0. The molecule has 0 fully saturated rings. The summed E-state index contributed by atoms with van der Waals surface area (Å²) in [5, 5.41) is 6.71. The Hall–Kier alpha value is -2.05. The molecule has 6 heteroatoms. The molecular weight excluding hydrogens is 254 g/mol. The first-order chi connectivity index (χ1) is 9.79. The maximum Gasteiger partial charge on any atom is 0.123 e. The van der Waals surface area contributed by atoms with Crippen LogP contribution in [0.25, 0.3) is 0 Å². The molecule has 2 unspecified atom stereocenters. The van der Waals surface area contributed by atoms with E-state index in [1.54, 1.807) is 6.20 Å². The topological polar surface area (TPSA) is 102 Å². The third-order valence-electron chi connectivity index (χ3n) is 3.88. The number of nitrogen functional groups attached to an aromatic ring is 1. The lowest BCUT2D eigenvalue weighted by Crippen LogP contribution is -2.30. The number of rotatable bonds is 4. The molecule has 1 aromatic carbocycles. The molecule has 1 aliphatic rings. The minimum Gasteiger partial charge on any atom is -0.493 e. The highest BCUT2D eigenvalue weighted by molar-refractivity contribution is 5.41. The Balaban J connectivity index is 1.82. The number of aromatic nitrogens is 2. The van der Waals surface area contributed by atoms with E-state index in [9.17, 15) is 0 Å². The van der Waals surface area contributed by atoms with Gasteiger partial charge in [-0.3, -0.25) is 16.4 Å². The van der Waals surface area contributed by atoms with Gasteiger partial charge in [0.2, 0.25) is 0 Å². The minimum absolute atomic E-state index is 0.0232. The van der Waals surface area contributed by atoms with E-state index in [1.807, 2.05) is 18.2 Å². The largest absolute Gasteiger partial charge is 0.493 e. The van der Waals surface area contributed by atoms with Gasteiger partial charge in [0, 0.05) is 5.56 Å². The molecule has 0 spiro atoms. The number of aromatic amines is 1. The first kappa shape index (κ1) is 13.0. The Morgan fingerprint density at radius 2 is 2.30 bits per heavy atom. The highest BCUT2D eigenvalue weighted by Crippen LogP contribution is 2.39. The second-order valence-corrected chi connectivity index (χ2v) is 5.07. The fourth-order valence-corrected chi connectivity index (χ4v) is 2.81. The van der Waals surface area contributed by atoms with E-state index in [4.69, 9.17) is 16.3 Å². The van der Waals surface area contributed by atoms with Crippen molar-refractivity contribution in [2.45, 2.75) is 24.8 Å². The third-order valence-corrected chi connectivity index (χ3v) is 3.88. The van der Waals surface area contributed by atoms with E-state index in [-0.39, 0.29) is 6.04 Å². The van der Waals surface area contributed by atoms with E-state index in [2.05, 4.69) is 21.7 Å². The van der Waals surface area contributed by atoms with Gasteiger partial charge < -0.3 is 10.5 Å². The van der Waals surface area contributed by atoms with Gasteiger partial charge in [0.05, 0.1) is 18.8 Å². The van der Waals surface area contributed by atoms with Crippen LogP contribution >= 0.6 is 0 Å². The number of nitrogens with zero attached hydrogens (tertiary/aromatic N) is 1. The Morgan fingerprint density at radius 3 is 3.05 bits per heavy atom. The molecule has 106 valence electrons. The van der Waals surface area contributed by atoms with Crippen LogP contribution in [0.5, 0.6) is 5.75 Å². The second kappa shape index (κ2) is 5.52. The van der Waals surface area contributed by atoms with E-state index in [0.29, 0.717) is 11.7 Å². The standard InChI is InChI=1S/C14H19N5O/c15-14-11(8-17-19-14)12(18-16)7-9-5-6-20-13-4-2-1-3-10(9)13/h1-4,8-9,12,18H,5-7,16H2,(H3,15,17,19). The maximum atomic E-state index is 5.88. The lowest BCUT2D eigenvalue weighted by atomic mass is 9.86. The molecule has 0 saturated heterocycles. The van der Waals surface area contributed by atoms with Crippen LogP contribution in [0.1, 0.15) is 35.9 Å². The number of hydrogen-bond donors (Lipinski definition) is 4. The minimum atomic E-state index is -0.0232. The molecule has 6 N–H and O–H groups in total. The van der Waals surface area contributed by atoms with Crippen molar-refractivity contribution < 1.29 is 4.74 Å². The van der Waals surface area contributed by atoms with Crippen LogP contribution in [0.2, 0.25) is 0 Å². The van der Waals surface area contributed by atoms with Gasteiger partial charge in [-0.1, -0.05) is 18.2 Å². The lowest BCUT2D eigenvalue weighted by Gasteiger charge is -2.28. The summed E-state index contributed by atoms with van der Waals surface area (Å²) in [6.07, 6.45) is 3.57. The van der Waals surface area contributed by atoms with Crippen LogP contribution in [0.4, 0.5) is 5.82 Å². The number of benzene rings is 1. The van der Waals surface area contributed by atoms with Crippen molar-refractivity contribution in [1.29, 1.82) is 0 Å². The Bertz CT molecular complexity index is 582. The molecule has 0 radical (unpaired) electrons.